The molecule has 7 atom stereocenters. The zero-order chi connectivity index (χ0) is 34.3. The highest BCUT2D eigenvalue weighted by Gasteiger charge is 2.58. The molecule has 7 aliphatic rings. The van der Waals surface area contributed by atoms with Crippen molar-refractivity contribution in [1.82, 2.24) is 19.6 Å². The van der Waals surface area contributed by atoms with Crippen LogP contribution in [0.15, 0.2) is 72.8 Å². The summed E-state index contributed by atoms with van der Waals surface area (Å²) in [5.41, 5.74) is 3.32. The number of hydrogen-bond acceptors (Lipinski definition) is 6. The highest BCUT2D eigenvalue weighted by molar-refractivity contribution is 6.00. The van der Waals surface area contributed by atoms with Gasteiger partial charge < -0.3 is 19.4 Å². The summed E-state index contributed by atoms with van der Waals surface area (Å²) in [6.07, 6.45) is 11.7. The first-order valence-corrected chi connectivity index (χ1v) is 18.2. The molecule has 1 spiro atoms. The highest BCUT2D eigenvalue weighted by atomic mass is 16.6. The molecule has 50 heavy (non-hydrogen) atoms. The first kappa shape index (κ1) is 31.3. The minimum absolute atomic E-state index is 0.0317. The molecule has 0 bridgehead atoms. The van der Waals surface area contributed by atoms with Crippen molar-refractivity contribution in [3.05, 3.63) is 84.0 Å². The minimum Gasteiger partial charge on any atom is -0.448 e. The van der Waals surface area contributed by atoms with Crippen LogP contribution in [0.2, 0.25) is 0 Å². The van der Waals surface area contributed by atoms with Crippen molar-refractivity contribution in [3.8, 4) is 11.1 Å². The smallest absolute Gasteiger partial charge is 0.410 e. The topological polar surface area (TPSA) is 108 Å². The molecule has 9 rings (SSSR count). The van der Waals surface area contributed by atoms with Gasteiger partial charge in [0.2, 0.25) is 11.8 Å². The van der Waals surface area contributed by atoms with Crippen molar-refractivity contribution in [2.24, 2.45) is 5.92 Å². The lowest BCUT2D eigenvalue weighted by molar-refractivity contribution is -0.154. The Morgan fingerprint density at radius 1 is 0.800 bits per heavy atom. The summed E-state index contributed by atoms with van der Waals surface area (Å²) in [4.78, 5) is 76.3. The summed E-state index contributed by atoms with van der Waals surface area (Å²) in [6, 6.07) is 14.1. The Morgan fingerprint density at radius 3 is 2.20 bits per heavy atom. The zero-order valence-electron chi connectivity index (χ0n) is 28.3. The molecule has 0 aromatic heterocycles. The number of fused-ring (bicyclic) bond motifs is 6. The van der Waals surface area contributed by atoms with Crippen LogP contribution in [0.1, 0.15) is 68.9 Å². The Balaban J connectivity index is 0.940. The van der Waals surface area contributed by atoms with E-state index in [1.807, 2.05) is 42.5 Å². The molecule has 4 amide bonds. The Kier molecular flexibility index (Phi) is 7.30. The number of nitrogens with zero attached hydrogens (tertiary/aromatic N) is 4. The van der Waals surface area contributed by atoms with Gasteiger partial charge in [-0.05, 0) is 74.1 Å². The number of hydrogen-bond donors (Lipinski definition) is 0. The average Bonchev–Trinajstić information content (AvgIpc) is 3.95. The van der Waals surface area contributed by atoms with E-state index in [-0.39, 0.29) is 54.0 Å². The van der Waals surface area contributed by atoms with Crippen molar-refractivity contribution in [2.45, 2.75) is 93.5 Å². The van der Waals surface area contributed by atoms with Gasteiger partial charge in [-0.2, -0.15) is 0 Å². The SMILES string of the molecule is CC(=O)[C@@H]1CC[C@@H]2C=C[C@H]3CCN(C(=O)[C@@H]4CC[C@H]5C=C[C@]6(CCCN6C(=O)OCC6c7ccccc7-c7ccccc76)C(=O)N54)[C@@H]3C(=O)N21. The van der Waals surface area contributed by atoms with Gasteiger partial charge in [0.25, 0.3) is 5.91 Å². The minimum atomic E-state index is -1.21. The maximum atomic E-state index is 14.7. The summed E-state index contributed by atoms with van der Waals surface area (Å²) >= 11 is 0. The standard InChI is InChI=1S/C40H42N4O6/c1-24(45)33-15-13-26-12-11-25-18-22-41(35(25)37(47)43(26)33)36(46)34-16-14-27-17-20-40(38(48)44(27)34)19-6-21-42(40)39(49)50-23-32-30-9-4-2-7-28(30)29-8-3-5-10-31(29)32/h2-5,7-12,17,20,25-27,32-35H,6,13-16,18-19,21-23H2,1H3/t25-,26-,27-,33-,34-,35-,40+/m0/s1. The molecule has 6 aliphatic heterocycles. The molecule has 10 nitrogen and oxygen atoms in total. The fourth-order valence-corrected chi connectivity index (χ4v) is 10.2. The van der Waals surface area contributed by atoms with E-state index in [4.69, 9.17) is 4.74 Å². The second kappa shape index (κ2) is 11.7. The molecule has 4 saturated heterocycles. The van der Waals surface area contributed by atoms with Crippen LogP contribution < -0.4 is 0 Å². The van der Waals surface area contributed by atoms with E-state index in [1.165, 1.54) is 6.92 Å². The lowest BCUT2D eigenvalue weighted by Crippen LogP contribution is -2.64. The van der Waals surface area contributed by atoms with Crippen LogP contribution in [0.25, 0.3) is 11.1 Å². The van der Waals surface area contributed by atoms with Crippen molar-refractivity contribution in [2.75, 3.05) is 19.7 Å². The molecule has 6 heterocycles. The van der Waals surface area contributed by atoms with E-state index in [2.05, 4.69) is 30.3 Å². The molecule has 258 valence electrons. The number of rotatable bonds is 4. The van der Waals surface area contributed by atoms with Crippen LogP contribution in [0.5, 0.6) is 0 Å². The summed E-state index contributed by atoms with van der Waals surface area (Å²) in [5.74, 6) is -0.879. The number of carbonyl (C=O) groups is 5. The van der Waals surface area contributed by atoms with Gasteiger partial charge >= 0.3 is 6.09 Å². The quantitative estimate of drug-likeness (QED) is 0.445. The maximum Gasteiger partial charge on any atom is 0.410 e. The van der Waals surface area contributed by atoms with Gasteiger partial charge in [0, 0.05) is 24.9 Å². The van der Waals surface area contributed by atoms with Gasteiger partial charge in [0.1, 0.15) is 24.2 Å². The van der Waals surface area contributed by atoms with E-state index in [0.29, 0.717) is 51.6 Å². The third-order valence-electron chi connectivity index (χ3n) is 12.6. The van der Waals surface area contributed by atoms with Crippen molar-refractivity contribution < 1.29 is 28.7 Å². The summed E-state index contributed by atoms with van der Waals surface area (Å²) < 4.78 is 6.04. The van der Waals surface area contributed by atoms with Crippen molar-refractivity contribution in [3.63, 3.8) is 0 Å². The number of ether oxygens (including phenoxy) is 1. The number of Topliss-reactive ketones (excluding diaryl/α,β-unsaturated/α-hetero) is 1. The Hall–Kier alpha value is -4.73. The summed E-state index contributed by atoms with van der Waals surface area (Å²) in [5, 5.41) is 0. The van der Waals surface area contributed by atoms with Crippen LogP contribution in [0.4, 0.5) is 4.79 Å². The number of amides is 4. The van der Waals surface area contributed by atoms with E-state index in [1.54, 1.807) is 19.6 Å². The molecule has 0 N–H and O–H groups in total. The van der Waals surface area contributed by atoms with Crippen LogP contribution in [-0.2, 0) is 23.9 Å². The summed E-state index contributed by atoms with van der Waals surface area (Å²) in [7, 11) is 0. The molecule has 1 aliphatic carbocycles. The first-order chi connectivity index (χ1) is 24.3. The van der Waals surface area contributed by atoms with Crippen LogP contribution in [0.3, 0.4) is 0 Å². The molecule has 2 aromatic rings. The molecular weight excluding hydrogens is 632 g/mol. The first-order valence-electron chi connectivity index (χ1n) is 18.2. The van der Waals surface area contributed by atoms with Gasteiger partial charge in [-0.15, -0.1) is 0 Å². The fourth-order valence-electron chi connectivity index (χ4n) is 10.2. The molecule has 10 heteroatoms. The lowest BCUT2D eigenvalue weighted by Gasteiger charge is -2.44. The second-order valence-electron chi connectivity index (χ2n) is 15.0. The number of carbonyl (C=O) groups excluding carboxylic acids is 5. The van der Waals surface area contributed by atoms with Crippen LogP contribution in [0, 0.1) is 5.92 Å². The average molecular weight is 675 g/mol. The van der Waals surface area contributed by atoms with Gasteiger partial charge in [0.15, 0.2) is 5.78 Å². The third-order valence-corrected chi connectivity index (χ3v) is 12.6. The number of benzene rings is 2. The number of ketones is 1. The van der Waals surface area contributed by atoms with Gasteiger partial charge in [-0.1, -0.05) is 72.8 Å². The van der Waals surface area contributed by atoms with E-state index in [9.17, 15) is 24.0 Å². The number of likely N-dealkylation sites (tertiary alicyclic amines) is 2. The predicted octanol–water partition coefficient (Wildman–Crippen LogP) is 4.44. The van der Waals surface area contributed by atoms with E-state index < -0.39 is 29.8 Å². The predicted molar refractivity (Wildman–Crippen MR) is 184 cm³/mol. The lowest BCUT2D eigenvalue weighted by atomic mass is 9.89. The molecule has 0 saturated carbocycles. The molecule has 4 fully saturated rings. The molecular formula is C40H42N4O6. The normalized spacial score (nSPS) is 32.3. The van der Waals surface area contributed by atoms with Gasteiger partial charge in [0.05, 0.1) is 18.1 Å². The molecule has 0 radical (unpaired) electrons. The third kappa shape index (κ3) is 4.49. The zero-order valence-corrected chi connectivity index (χ0v) is 28.3. The van der Waals surface area contributed by atoms with Crippen LogP contribution >= 0.6 is 0 Å². The monoisotopic (exact) mass is 674 g/mol. The maximum absolute atomic E-state index is 14.7. The Labute approximate surface area is 291 Å². The second-order valence-corrected chi connectivity index (χ2v) is 15.0. The molecule has 2 aromatic carbocycles. The summed E-state index contributed by atoms with van der Waals surface area (Å²) in [6.45, 7) is 2.49. The van der Waals surface area contributed by atoms with E-state index >= 15 is 0 Å². The van der Waals surface area contributed by atoms with Gasteiger partial charge in [-0.3, -0.25) is 24.1 Å². The Bertz CT molecular complexity index is 1830. The molecule has 0 unspecified atom stereocenters. The van der Waals surface area contributed by atoms with Crippen LogP contribution in [-0.4, -0.2) is 105 Å². The van der Waals surface area contributed by atoms with Crippen molar-refractivity contribution >= 4 is 29.6 Å². The largest absolute Gasteiger partial charge is 0.448 e. The highest BCUT2D eigenvalue weighted by Crippen LogP contribution is 2.46. The van der Waals surface area contributed by atoms with Crippen molar-refractivity contribution in [1.29, 1.82) is 0 Å². The Morgan fingerprint density at radius 2 is 1.48 bits per heavy atom. The van der Waals surface area contributed by atoms with E-state index in [0.717, 1.165) is 28.7 Å². The fraction of sp³-hybridized carbons (Fsp3) is 0.475. The van der Waals surface area contributed by atoms with Gasteiger partial charge in [-0.25, -0.2) is 4.79 Å².